The zero-order chi connectivity index (χ0) is 18.3. The molecule has 0 fully saturated rings. The molecule has 0 aliphatic heterocycles. The van der Waals surface area contributed by atoms with Gasteiger partial charge in [0.2, 0.25) is 15.9 Å². The number of benzene rings is 1. The smallest absolute Gasteiger partial charge is 0.246 e. The standard InChI is InChI=1S/C15H25N3O5S/c1-5-18(8-9-19)11-15(20)16-12-6-7-13(23-4)14(10-12)24(21,22)17(2)3/h6-7,10,19H,5,8-9,11H2,1-4H3,(H,16,20). The van der Waals surface area contributed by atoms with Crippen molar-refractivity contribution < 1.29 is 23.1 Å². The fourth-order valence-corrected chi connectivity index (χ4v) is 3.12. The van der Waals surface area contributed by atoms with Gasteiger partial charge in [0.1, 0.15) is 10.6 Å². The summed E-state index contributed by atoms with van der Waals surface area (Å²) in [6.45, 7) is 2.98. The Morgan fingerprint density at radius 2 is 2.00 bits per heavy atom. The van der Waals surface area contributed by atoms with Gasteiger partial charge in [0.25, 0.3) is 0 Å². The maximum Gasteiger partial charge on any atom is 0.246 e. The second kappa shape index (κ2) is 8.97. The molecule has 0 aliphatic carbocycles. The van der Waals surface area contributed by atoms with E-state index in [1.165, 1.54) is 33.3 Å². The minimum Gasteiger partial charge on any atom is -0.495 e. The van der Waals surface area contributed by atoms with Crippen molar-refractivity contribution in [3.8, 4) is 5.75 Å². The topological polar surface area (TPSA) is 99.2 Å². The van der Waals surface area contributed by atoms with Gasteiger partial charge >= 0.3 is 0 Å². The molecule has 24 heavy (non-hydrogen) atoms. The van der Waals surface area contributed by atoms with Crippen molar-refractivity contribution in [2.45, 2.75) is 11.8 Å². The quantitative estimate of drug-likeness (QED) is 0.653. The Morgan fingerprint density at radius 3 is 2.50 bits per heavy atom. The number of anilines is 1. The Hall–Kier alpha value is -1.68. The van der Waals surface area contributed by atoms with Gasteiger partial charge in [0, 0.05) is 26.3 Å². The summed E-state index contributed by atoms with van der Waals surface area (Å²) in [5.74, 6) is -0.0826. The highest BCUT2D eigenvalue weighted by Crippen LogP contribution is 2.28. The van der Waals surface area contributed by atoms with Crippen LogP contribution in [0.4, 0.5) is 5.69 Å². The molecule has 0 atom stereocenters. The molecule has 2 N–H and O–H groups in total. The molecule has 8 nitrogen and oxygen atoms in total. The van der Waals surface area contributed by atoms with Crippen molar-refractivity contribution in [3.05, 3.63) is 18.2 Å². The molecule has 0 saturated carbocycles. The Bertz CT molecular complexity index is 661. The van der Waals surface area contributed by atoms with E-state index in [1.807, 2.05) is 6.92 Å². The van der Waals surface area contributed by atoms with Crippen molar-refractivity contribution in [1.82, 2.24) is 9.21 Å². The number of likely N-dealkylation sites (N-methyl/N-ethyl adjacent to an activating group) is 1. The number of aliphatic hydroxyl groups excluding tert-OH is 1. The van der Waals surface area contributed by atoms with Crippen LogP contribution >= 0.6 is 0 Å². The number of hydrogen-bond donors (Lipinski definition) is 2. The highest BCUT2D eigenvalue weighted by atomic mass is 32.2. The summed E-state index contributed by atoms with van der Waals surface area (Å²) >= 11 is 0. The third-order valence-electron chi connectivity index (χ3n) is 3.44. The molecular formula is C15H25N3O5S. The van der Waals surface area contributed by atoms with Gasteiger partial charge in [-0.3, -0.25) is 9.69 Å². The van der Waals surface area contributed by atoms with Gasteiger partial charge in [-0.15, -0.1) is 0 Å². The Morgan fingerprint density at radius 1 is 1.33 bits per heavy atom. The van der Waals surface area contributed by atoms with Gasteiger partial charge in [-0.25, -0.2) is 12.7 Å². The molecule has 0 radical (unpaired) electrons. The van der Waals surface area contributed by atoms with Gasteiger partial charge in [0.05, 0.1) is 20.3 Å². The van der Waals surface area contributed by atoms with Crippen molar-refractivity contribution in [2.75, 3.05) is 52.8 Å². The summed E-state index contributed by atoms with van der Waals surface area (Å²) in [5.41, 5.74) is 0.362. The second-order valence-corrected chi connectivity index (χ2v) is 7.41. The molecule has 0 bridgehead atoms. The lowest BCUT2D eigenvalue weighted by Crippen LogP contribution is -2.35. The number of hydrogen-bond acceptors (Lipinski definition) is 6. The molecule has 1 amide bonds. The maximum atomic E-state index is 12.4. The highest BCUT2D eigenvalue weighted by Gasteiger charge is 2.23. The van der Waals surface area contributed by atoms with Crippen LogP contribution in [0.3, 0.4) is 0 Å². The molecule has 9 heteroatoms. The van der Waals surface area contributed by atoms with Crippen LogP contribution in [0.5, 0.6) is 5.75 Å². The fourth-order valence-electron chi connectivity index (χ4n) is 2.05. The van der Waals surface area contributed by atoms with E-state index in [4.69, 9.17) is 9.84 Å². The number of carbonyl (C=O) groups is 1. The molecule has 1 rings (SSSR count). The molecule has 0 unspecified atom stereocenters. The first-order chi connectivity index (χ1) is 11.3. The van der Waals surface area contributed by atoms with Crippen LogP contribution in [0.1, 0.15) is 6.92 Å². The Kier molecular flexibility index (Phi) is 7.61. The van der Waals surface area contributed by atoms with E-state index in [0.29, 0.717) is 18.8 Å². The zero-order valence-electron chi connectivity index (χ0n) is 14.4. The SMILES string of the molecule is CCN(CCO)CC(=O)Nc1ccc(OC)c(S(=O)(=O)N(C)C)c1. The van der Waals surface area contributed by atoms with Crippen molar-refractivity contribution in [3.63, 3.8) is 0 Å². The summed E-state index contributed by atoms with van der Waals surface area (Å²) in [6.07, 6.45) is 0. The first-order valence-electron chi connectivity index (χ1n) is 7.49. The number of ether oxygens (including phenoxy) is 1. The van der Waals surface area contributed by atoms with Gasteiger partial charge in [-0.1, -0.05) is 6.92 Å². The largest absolute Gasteiger partial charge is 0.495 e. The molecule has 0 aromatic heterocycles. The maximum absolute atomic E-state index is 12.4. The summed E-state index contributed by atoms with van der Waals surface area (Å²) in [6, 6.07) is 4.44. The molecule has 0 spiro atoms. The van der Waals surface area contributed by atoms with Gasteiger partial charge in [0.15, 0.2) is 0 Å². The van der Waals surface area contributed by atoms with Crippen LogP contribution in [0.25, 0.3) is 0 Å². The van der Waals surface area contributed by atoms with Crippen LogP contribution in [0.2, 0.25) is 0 Å². The average Bonchev–Trinajstić information content (AvgIpc) is 2.54. The number of rotatable bonds is 9. The number of nitrogens with zero attached hydrogens (tertiary/aromatic N) is 2. The lowest BCUT2D eigenvalue weighted by molar-refractivity contribution is -0.117. The predicted molar refractivity (Wildman–Crippen MR) is 91.7 cm³/mol. The monoisotopic (exact) mass is 359 g/mol. The molecule has 136 valence electrons. The third-order valence-corrected chi connectivity index (χ3v) is 5.27. The fraction of sp³-hybridized carbons (Fsp3) is 0.533. The van der Waals surface area contributed by atoms with E-state index in [0.717, 1.165) is 4.31 Å². The van der Waals surface area contributed by atoms with Gasteiger partial charge < -0.3 is 15.2 Å². The molecular weight excluding hydrogens is 334 g/mol. The Balaban J connectivity index is 3.00. The number of nitrogens with one attached hydrogen (secondary N) is 1. The van der Waals surface area contributed by atoms with E-state index in [-0.39, 0.29) is 29.7 Å². The lowest BCUT2D eigenvalue weighted by Gasteiger charge is -2.19. The first-order valence-corrected chi connectivity index (χ1v) is 8.93. The van der Waals surface area contributed by atoms with Crippen molar-refractivity contribution >= 4 is 21.6 Å². The molecule has 1 aromatic carbocycles. The molecule has 1 aromatic rings. The zero-order valence-corrected chi connectivity index (χ0v) is 15.3. The second-order valence-electron chi connectivity index (χ2n) is 5.29. The summed E-state index contributed by atoms with van der Waals surface area (Å²) in [4.78, 5) is 13.8. The minimum absolute atomic E-state index is 0.0181. The average molecular weight is 359 g/mol. The van der Waals surface area contributed by atoms with E-state index in [1.54, 1.807) is 11.0 Å². The predicted octanol–water partition coefficient (Wildman–Crippen LogP) is 0.198. The molecule has 0 saturated heterocycles. The van der Waals surface area contributed by atoms with Gasteiger partial charge in [-0.2, -0.15) is 0 Å². The van der Waals surface area contributed by atoms with Crippen LogP contribution in [0.15, 0.2) is 23.1 Å². The summed E-state index contributed by atoms with van der Waals surface area (Å²) < 4.78 is 30.9. The van der Waals surface area contributed by atoms with Crippen LogP contribution in [0, 0.1) is 0 Å². The normalized spacial score (nSPS) is 11.8. The number of carbonyl (C=O) groups excluding carboxylic acids is 1. The lowest BCUT2D eigenvalue weighted by atomic mass is 10.3. The van der Waals surface area contributed by atoms with Crippen molar-refractivity contribution in [2.24, 2.45) is 0 Å². The van der Waals surface area contributed by atoms with E-state index in [2.05, 4.69) is 5.32 Å². The summed E-state index contributed by atoms with van der Waals surface area (Å²) in [7, 11) is 0.534. The highest BCUT2D eigenvalue weighted by molar-refractivity contribution is 7.89. The molecule has 0 aliphatic rings. The number of amides is 1. The third kappa shape index (κ3) is 5.17. The minimum atomic E-state index is -3.70. The van der Waals surface area contributed by atoms with E-state index < -0.39 is 10.0 Å². The van der Waals surface area contributed by atoms with E-state index in [9.17, 15) is 13.2 Å². The van der Waals surface area contributed by atoms with Gasteiger partial charge in [-0.05, 0) is 24.7 Å². The van der Waals surface area contributed by atoms with E-state index >= 15 is 0 Å². The number of aliphatic hydroxyl groups is 1. The summed E-state index contributed by atoms with van der Waals surface area (Å²) in [5, 5.41) is 11.6. The van der Waals surface area contributed by atoms with Crippen LogP contribution < -0.4 is 10.1 Å². The molecule has 0 heterocycles. The van der Waals surface area contributed by atoms with Crippen LogP contribution in [-0.2, 0) is 14.8 Å². The van der Waals surface area contributed by atoms with Crippen molar-refractivity contribution in [1.29, 1.82) is 0 Å². The number of methoxy groups -OCH3 is 1. The first kappa shape index (κ1) is 20.4. The van der Waals surface area contributed by atoms with Crippen LogP contribution in [-0.4, -0.2) is 76.1 Å². The number of sulfonamides is 1. The Labute approximate surface area is 143 Å².